The Bertz CT molecular complexity index is 221. The van der Waals surface area contributed by atoms with Crippen molar-refractivity contribution in [3.63, 3.8) is 0 Å². The van der Waals surface area contributed by atoms with E-state index in [2.05, 4.69) is 10.2 Å². The predicted molar refractivity (Wildman–Crippen MR) is 44.8 cm³/mol. The zero-order valence-electron chi connectivity index (χ0n) is 5.74. The quantitative estimate of drug-likeness (QED) is 0.674. The molecule has 0 unspecified atom stereocenters. The van der Waals surface area contributed by atoms with Crippen molar-refractivity contribution in [3.8, 4) is 0 Å². The number of nitrogens with two attached hydrogens (primary N) is 1. The van der Waals surface area contributed by atoms with Crippen LogP contribution in [-0.2, 0) is 7.05 Å². The van der Waals surface area contributed by atoms with Crippen molar-refractivity contribution in [2.75, 3.05) is 12.0 Å². The Morgan fingerprint density at radius 2 is 2.20 bits per heavy atom. The van der Waals surface area contributed by atoms with E-state index in [0.717, 1.165) is 5.16 Å². The van der Waals surface area contributed by atoms with Gasteiger partial charge >= 0.3 is 0 Å². The van der Waals surface area contributed by atoms with Crippen molar-refractivity contribution < 1.29 is 0 Å². The molecule has 0 atom stereocenters. The molecule has 0 aliphatic heterocycles. The normalized spacial score (nSPS) is 10.2. The molecule has 0 aliphatic rings. The number of nitrogens with zero attached hydrogens (tertiary/aromatic N) is 3. The molecule has 56 valence electrons. The molecular formula is C4H8N4S2. The van der Waals surface area contributed by atoms with Crippen LogP contribution in [0.2, 0.25) is 0 Å². The van der Waals surface area contributed by atoms with Crippen LogP contribution in [0.4, 0.5) is 5.95 Å². The molecule has 1 aromatic heterocycles. The van der Waals surface area contributed by atoms with Gasteiger partial charge in [0.25, 0.3) is 0 Å². The number of hydrogen-bond acceptors (Lipinski definition) is 5. The van der Waals surface area contributed by atoms with Crippen molar-refractivity contribution in [3.05, 3.63) is 0 Å². The molecule has 0 saturated heterocycles. The minimum Gasteiger partial charge on any atom is -0.368 e. The zero-order chi connectivity index (χ0) is 7.56. The third kappa shape index (κ3) is 1.38. The standard InChI is InChI=1S/C4H8N4S2/c1-8-3(5)6-7-4(8)10-9-2/h1-2H3,(H2,5,6). The summed E-state index contributed by atoms with van der Waals surface area (Å²) in [6.07, 6.45) is 1.98. The SMILES string of the molecule is CSSc1nnc(N)n1C. The maximum Gasteiger partial charge on any atom is 0.222 e. The molecule has 0 fully saturated rings. The van der Waals surface area contributed by atoms with Gasteiger partial charge in [0.05, 0.1) is 0 Å². The minimum atomic E-state index is 0.455. The van der Waals surface area contributed by atoms with Gasteiger partial charge in [-0.05, 0) is 17.0 Å². The number of nitrogen functional groups attached to an aromatic ring is 1. The smallest absolute Gasteiger partial charge is 0.222 e. The second kappa shape index (κ2) is 3.16. The molecule has 10 heavy (non-hydrogen) atoms. The fourth-order valence-corrected chi connectivity index (χ4v) is 1.78. The van der Waals surface area contributed by atoms with E-state index in [-0.39, 0.29) is 0 Å². The Morgan fingerprint density at radius 1 is 1.50 bits per heavy atom. The average molecular weight is 176 g/mol. The van der Waals surface area contributed by atoms with Crippen LogP contribution in [0, 0.1) is 0 Å². The first kappa shape index (κ1) is 7.74. The van der Waals surface area contributed by atoms with Crippen LogP contribution < -0.4 is 5.73 Å². The van der Waals surface area contributed by atoms with Gasteiger partial charge in [-0.25, -0.2) is 0 Å². The largest absolute Gasteiger partial charge is 0.368 e. The lowest BCUT2D eigenvalue weighted by Gasteiger charge is -1.95. The third-order valence-electron chi connectivity index (χ3n) is 1.03. The second-order valence-electron chi connectivity index (χ2n) is 1.65. The first-order chi connectivity index (χ1) is 4.75. The van der Waals surface area contributed by atoms with E-state index < -0.39 is 0 Å². The fourth-order valence-electron chi connectivity index (χ4n) is 0.473. The van der Waals surface area contributed by atoms with Gasteiger partial charge in [-0.2, -0.15) is 0 Å². The highest BCUT2D eigenvalue weighted by Crippen LogP contribution is 2.26. The monoisotopic (exact) mass is 176 g/mol. The second-order valence-corrected chi connectivity index (χ2v) is 4.01. The molecule has 0 amide bonds. The molecule has 1 aromatic rings. The highest BCUT2D eigenvalue weighted by atomic mass is 33.1. The van der Waals surface area contributed by atoms with Crippen molar-refractivity contribution >= 4 is 27.5 Å². The van der Waals surface area contributed by atoms with Crippen LogP contribution >= 0.6 is 21.6 Å². The van der Waals surface area contributed by atoms with Gasteiger partial charge in [-0.3, -0.25) is 4.57 Å². The third-order valence-corrected chi connectivity index (χ3v) is 2.64. The zero-order valence-corrected chi connectivity index (χ0v) is 7.37. The molecule has 1 rings (SSSR count). The highest BCUT2D eigenvalue weighted by Gasteiger charge is 2.03. The first-order valence-electron chi connectivity index (χ1n) is 2.61. The van der Waals surface area contributed by atoms with Gasteiger partial charge in [0.2, 0.25) is 11.1 Å². The van der Waals surface area contributed by atoms with E-state index in [1.54, 1.807) is 26.2 Å². The topological polar surface area (TPSA) is 56.7 Å². The summed E-state index contributed by atoms with van der Waals surface area (Å²) in [4.78, 5) is 0. The van der Waals surface area contributed by atoms with Crippen molar-refractivity contribution in [2.45, 2.75) is 5.16 Å². The summed E-state index contributed by atoms with van der Waals surface area (Å²) in [6, 6.07) is 0. The van der Waals surface area contributed by atoms with Gasteiger partial charge in [0.1, 0.15) is 0 Å². The molecule has 0 bridgehead atoms. The van der Waals surface area contributed by atoms with Crippen LogP contribution in [0.5, 0.6) is 0 Å². The van der Waals surface area contributed by atoms with Crippen LogP contribution in [-0.4, -0.2) is 21.0 Å². The maximum atomic E-state index is 5.44. The molecule has 6 heteroatoms. The molecule has 0 aromatic carbocycles. The fraction of sp³-hybridized carbons (Fsp3) is 0.500. The molecular weight excluding hydrogens is 168 g/mol. The molecule has 0 saturated carbocycles. The Kier molecular flexibility index (Phi) is 2.44. The Labute approximate surface area is 67.0 Å². The van der Waals surface area contributed by atoms with E-state index in [9.17, 15) is 0 Å². The number of hydrogen-bond donors (Lipinski definition) is 1. The summed E-state index contributed by atoms with van der Waals surface area (Å²) in [6.45, 7) is 0. The van der Waals surface area contributed by atoms with Crippen LogP contribution in [0.25, 0.3) is 0 Å². The van der Waals surface area contributed by atoms with Gasteiger partial charge in [-0.1, -0.05) is 10.8 Å². The first-order valence-corrected chi connectivity index (χ1v) is 5.17. The lowest BCUT2D eigenvalue weighted by Crippen LogP contribution is -1.97. The highest BCUT2D eigenvalue weighted by molar-refractivity contribution is 8.76. The summed E-state index contributed by atoms with van der Waals surface area (Å²) >= 11 is 0. The van der Waals surface area contributed by atoms with Gasteiger partial charge in [-0.15, -0.1) is 10.2 Å². The summed E-state index contributed by atoms with van der Waals surface area (Å²) in [5, 5.41) is 8.36. The van der Waals surface area contributed by atoms with E-state index in [1.165, 1.54) is 0 Å². The summed E-state index contributed by atoms with van der Waals surface area (Å²) in [7, 11) is 5.01. The number of rotatable bonds is 2. The molecule has 0 aliphatic carbocycles. The minimum absolute atomic E-state index is 0.455. The van der Waals surface area contributed by atoms with Gasteiger partial charge in [0, 0.05) is 7.05 Å². The Balaban J connectivity index is 2.83. The summed E-state index contributed by atoms with van der Waals surface area (Å²) in [5.74, 6) is 0.455. The molecule has 0 radical (unpaired) electrons. The van der Waals surface area contributed by atoms with Gasteiger partial charge < -0.3 is 5.73 Å². The lowest BCUT2D eigenvalue weighted by molar-refractivity contribution is 0.799. The number of anilines is 1. The van der Waals surface area contributed by atoms with Crippen molar-refractivity contribution in [1.29, 1.82) is 0 Å². The average Bonchev–Trinajstić information content (AvgIpc) is 2.20. The van der Waals surface area contributed by atoms with Crippen LogP contribution in [0.3, 0.4) is 0 Å². The van der Waals surface area contributed by atoms with E-state index in [4.69, 9.17) is 5.73 Å². The summed E-state index contributed by atoms with van der Waals surface area (Å²) < 4.78 is 1.75. The molecule has 1 heterocycles. The van der Waals surface area contributed by atoms with E-state index in [1.807, 2.05) is 13.3 Å². The Morgan fingerprint density at radius 3 is 2.60 bits per heavy atom. The molecule has 2 N–H and O–H groups in total. The summed E-state index contributed by atoms with van der Waals surface area (Å²) in [5.41, 5.74) is 5.44. The predicted octanol–water partition coefficient (Wildman–Crippen LogP) is 0.767. The van der Waals surface area contributed by atoms with E-state index in [0.29, 0.717) is 5.95 Å². The Hall–Kier alpha value is -0.360. The number of aromatic nitrogens is 3. The lowest BCUT2D eigenvalue weighted by atomic mass is 11.0. The van der Waals surface area contributed by atoms with Crippen LogP contribution in [0.15, 0.2) is 5.16 Å². The van der Waals surface area contributed by atoms with Crippen LogP contribution in [0.1, 0.15) is 0 Å². The maximum absolute atomic E-state index is 5.44. The van der Waals surface area contributed by atoms with Gasteiger partial charge in [0.15, 0.2) is 0 Å². The van der Waals surface area contributed by atoms with E-state index >= 15 is 0 Å². The molecule has 4 nitrogen and oxygen atoms in total. The van der Waals surface area contributed by atoms with Crippen molar-refractivity contribution in [2.24, 2.45) is 7.05 Å². The van der Waals surface area contributed by atoms with Crippen molar-refractivity contribution in [1.82, 2.24) is 14.8 Å². The molecule has 0 spiro atoms.